The molecule has 1 aliphatic heterocycles. The lowest BCUT2D eigenvalue weighted by atomic mass is 10.2. The van der Waals surface area contributed by atoms with Crippen LogP contribution in [0.5, 0.6) is 0 Å². The van der Waals surface area contributed by atoms with Crippen LogP contribution >= 0.6 is 0 Å². The Labute approximate surface area is 127 Å². The predicted octanol–water partition coefficient (Wildman–Crippen LogP) is 0.350. The number of rotatable bonds is 4. The fourth-order valence-corrected chi connectivity index (χ4v) is 2.25. The van der Waals surface area contributed by atoms with Gasteiger partial charge in [-0.2, -0.15) is 4.80 Å². The normalized spacial score (nSPS) is 14.9. The Morgan fingerprint density at radius 1 is 1.27 bits per heavy atom. The lowest BCUT2D eigenvalue weighted by molar-refractivity contribution is -0.141. The van der Waals surface area contributed by atoms with Crippen LogP contribution < -0.4 is 4.90 Å². The highest BCUT2D eigenvalue weighted by molar-refractivity contribution is 5.68. The molecule has 0 amide bonds. The monoisotopic (exact) mass is 303 g/mol. The van der Waals surface area contributed by atoms with Crippen LogP contribution in [0.2, 0.25) is 0 Å². The van der Waals surface area contributed by atoms with Crippen LogP contribution in [0.15, 0.2) is 24.3 Å². The molecule has 8 heteroatoms. The number of esters is 1. The lowest BCUT2D eigenvalue weighted by Gasteiger charge is -2.28. The van der Waals surface area contributed by atoms with E-state index in [9.17, 15) is 4.79 Å². The molecule has 2 aromatic rings. The van der Waals surface area contributed by atoms with Gasteiger partial charge in [-0.15, -0.1) is 10.2 Å². The molecule has 0 N–H and O–H groups in total. The molecule has 1 aromatic heterocycles. The second-order valence-electron chi connectivity index (χ2n) is 4.87. The van der Waals surface area contributed by atoms with E-state index in [1.807, 2.05) is 24.3 Å². The molecule has 0 aliphatic carbocycles. The molecular formula is C14H17N5O3. The topological polar surface area (TPSA) is 82.4 Å². The van der Waals surface area contributed by atoms with Gasteiger partial charge in [0.2, 0.25) is 5.82 Å². The summed E-state index contributed by atoms with van der Waals surface area (Å²) >= 11 is 0. The van der Waals surface area contributed by atoms with Crippen LogP contribution in [0.25, 0.3) is 11.4 Å². The highest BCUT2D eigenvalue weighted by Gasteiger charge is 2.13. The van der Waals surface area contributed by atoms with Gasteiger partial charge in [-0.1, -0.05) is 0 Å². The second-order valence-corrected chi connectivity index (χ2v) is 4.87. The molecule has 0 bridgehead atoms. The average Bonchev–Trinajstić information content (AvgIpc) is 3.04. The lowest BCUT2D eigenvalue weighted by Crippen LogP contribution is -2.36. The van der Waals surface area contributed by atoms with Crippen LogP contribution in [-0.4, -0.2) is 59.6 Å². The zero-order chi connectivity index (χ0) is 15.4. The van der Waals surface area contributed by atoms with E-state index in [0.29, 0.717) is 5.82 Å². The van der Waals surface area contributed by atoms with Crippen LogP contribution in [0, 0.1) is 0 Å². The van der Waals surface area contributed by atoms with Crippen LogP contribution in [0.4, 0.5) is 5.69 Å². The van der Waals surface area contributed by atoms with Gasteiger partial charge in [-0.25, -0.2) is 4.79 Å². The van der Waals surface area contributed by atoms with Crippen molar-refractivity contribution in [1.29, 1.82) is 0 Å². The summed E-state index contributed by atoms with van der Waals surface area (Å²) in [6.45, 7) is 3.26. The summed E-state index contributed by atoms with van der Waals surface area (Å²) in [6, 6.07) is 7.96. The number of aromatic nitrogens is 4. The molecule has 1 aliphatic rings. The number of morpholine rings is 1. The number of methoxy groups -OCH3 is 1. The second kappa shape index (κ2) is 6.52. The Balaban J connectivity index is 1.71. The van der Waals surface area contributed by atoms with Gasteiger partial charge in [-0.3, -0.25) is 0 Å². The van der Waals surface area contributed by atoms with Gasteiger partial charge in [0, 0.05) is 24.3 Å². The maximum Gasteiger partial charge on any atom is 0.329 e. The third-order valence-corrected chi connectivity index (χ3v) is 3.45. The van der Waals surface area contributed by atoms with Crippen molar-refractivity contribution in [2.75, 3.05) is 38.3 Å². The molecule has 22 heavy (non-hydrogen) atoms. The summed E-state index contributed by atoms with van der Waals surface area (Å²) in [5.41, 5.74) is 2.00. The zero-order valence-corrected chi connectivity index (χ0v) is 12.3. The number of ether oxygens (including phenoxy) is 2. The minimum Gasteiger partial charge on any atom is -0.468 e. The Morgan fingerprint density at radius 2 is 2.00 bits per heavy atom. The van der Waals surface area contributed by atoms with Gasteiger partial charge < -0.3 is 14.4 Å². The van der Waals surface area contributed by atoms with E-state index in [0.717, 1.165) is 37.6 Å². The number of carbonyl (C=O) groups excluding carboxylic acids is 1. The largest absolute Gasteiger partial charge is 0.468 e. The Morgan fingerprint density at radius 3 is 2.68 bits per heavy atom. The molecule has 0 atom stereocenters. The van der Waals surface area contributed by atoms with Crippen molar-refractivity contribution in [3.05, 3.63) is 24.3 Å². The Hall–Kier alpha value is -2.48. The van der Waals surface area contributed by atoms with Crippen molar-refractivity contribution < 1.29 is 14.3 Å². The van der Waals surface area contributed by atoms with Gasteiger partial charge in [0.1, 0.15) is 0 Å². The van der Waals surface area contributed by atoms with E-state index in [1.54, 1.807) is 0 Å². The Bertz CT molecular complexity index is 634. The average molecular weight is 303 g/mol. The summed E-state index contributed by atoms with van der Waals surface area (Å²) < 4.78 is 9.92. The highest BCUT2D eigenvalue weighted by Crippen LogP contribution is 2.20. The third kappa shape index (κ3) is 3.22. The zero-order valence-electron chi connectivity index (χ0n) is 12.3. The van der Waals surface area contributed by atoms with Crippen molar-refractivity contribution >= 4 is 11.7 Å². The van der Waals surface area contributed by atoms with E-state index < -0.39 is 5.97 Å². The fourth-order valence-electron chi connectivity index (χ4n) is 2.25. The standard InChI is InChI=1S/C14H17N5O3/c1-21-13(20)10-19-16-14(15-17-19)11-2-4-12(5-3-11)18-6-8-22-9-7-18/h2-5H,6-10H2,1H3. The van der Waals surface area contributed by atoms with Crippen LogP contribution in [0.1, 0.15) is 0 Å². The molecule has 1 saturated heterocycles. The smallest absolute Gasteiger partial charge is 0.329 e. The number of nitrogens with zero attached hydrogens (tertiary/aromatic N) is 5. The van der Waals surface area contributed by atoms with Crippen molar-refractivity contribution in [2.45, 2.75) is 6.54 Å². The quantitative estimate of drug-likeness (QED) is 0.754. The van der Waals surface area contributed by atoms with E-state index >= 15 is 0 Å². The van der Waals surface area contributed by atoms with Crippen molar-refractivity contribution in [3.63, 3.8) is 0 Å². The minimum atomic E-state index is -0.411. The molecule has 2 heterocycles. The van der Waals surface area contributed by atoms with Crippen molar-refractivity contribution in [1.82, 2.24) is 20.2 Å². The maximum absolute atomic E-state index is 11.2. The van der Waals surface area contributed by atoms with Gasteiger partial charge in [0.05, 0.1) is 20.3 Å². The molecule has 8 nitrogen and oxygen atoms in total. The molecular weight excluding hydrogens is 286 g/mol. The van der Waals surface area contributed by atoms with Crippen LogP contribution in [0.3, 0.4) is 0 Å². The number of tetrazole rings is 1. The summed E-state index contributed by atoms with van der Waals surface area (Å²) in [5, 5.41) is 12.0. The van der Waals surface area contributed by atoms with Gasteiger partial charge in [0.15, 0.2) is 6.54 Å². The first kappa shape index (κ1) is 14.5. The predicted molar refractivity (Wildman–Crippen MR) is 78.3 cm³/mol. The molecule has 0 radical (unpaired) electrons. The van der Waals surface area contributed by atoms with Crippen molar-refractivity contribution in [2.24, 2.45) is 0 Å². The first-order valence-electron chi connectivity index (χ1n) is 7.04. The molecule has 1 fully saturated rings. The van der Waals surface area contributed by atoms with Crippen molar-refractivity contribution in [3.8, 4) is 11.4 Å². The first-order valence-corrected chi connectivity index (χ1v) is 7.04. The number of hydrogen-bond donors (Lipinski definition) is 0. The van der Waals surface area contributed by atoms with E-state index in [1.165, 1.54) is 11.9 Å². The number of hydrogen-bond acceptors (Lipinski definition) is 7. The molecule has 0 spiro atoms. The minimum absolute atomic E-state index is 0.0463. The summed E-state index contributed by atoms with van der Waals surface area (Å²) in [7, 11) is 1.32. The molecule has 0 saturated carbocycles. The highest BCUT2D eigenvalue weighted by atomic mass is 16.5. The third-order valence-electron chi connectivity index (χ3n) is 3.45. The fraction of sp³-hybridized carbons (Fsp3) is 0.429. The van der Waals surface area contributed by atoms with E-state index in [-0.39, 0.29) is 6.54 Å². The van der Waals surface area contributed by atoms with Gasteiger partial charge in [-0.05, 0) is 29.5 Å². The van der Waals surface area contributed by atoms with Gasteiger partial charge in [0.25, 0.3) is 0 Å². The van der Waals surface area contributed by atoms with E-state index in [2.05, 4.69) is 25.0 Å². The van der Waals surface area contributed by atoms with Gasteiger partial charge >= 0.3 is 5.97 Å². The number of anilines is 1. The summed E-state index contributed by atoms with van der Waals surface area (Å²) in [4.78, 5) is 14.7. The maximum atomic E-state index is 11.2. The SMILES string of the molecule is COC(=O)Cn1nnc(-c2ccc(N3CCOCC3)cc2)n1. The first-order chi connectivity index (χ1) is 10.8. The molecule has 0 unspecified atom stereocenters. The van der Waals surface area contributed by atoms with E-state index in [4.69, 9.17) is 4.74 Å². The molecule has 1 aromatic carbocycles. The summed E-state index contributed by atoms with van der Waals surface area (Å²) in [5.74, 6) is 0.0732. The summed E-state index contributed by atoms with van der Waals surface area (Å²) in [6.07, 6.45) is 0. The molecule has 116 valence electrons. The number of benzene rings is 1. The number of carbonyl (C=O) groups is 1. The Kier molecular flexibility index (Phi) is 4.29. The molecule has 3 rings (SSSR count). The van der Waals surface area contributed by atoms with Crippen LogP contribution in [-0.2, 0) is 20.8 Å².